The van der Waals surface area contributed by atoms with Crippen molar-refractivity contribution in [1.82, 2.24) is 21.0 Å². The smallest absolute Gasteiger partial charge is 0.281 e. The molecule has 1 aromatic carbocycles. The highest BCUT2D eigenvalue weighted by Crippen LogP contribution is 2.35. The first-order chi connectivity index (χ1) is 13.6. The van der Waals surface area contributed by atoms with Gasteiger partial charge in [0.2, 0.25) is 11.0 Å². The summed E-state index contributed by atoms with van der Waals surface area (Å²) in [4.78, 5) is 24.6. The molecule has 0 saturated heterocycles. The fourth-order valence-corrected chi connectivity index (χ4v) is 4.67. The Hall–Kier alpha value is -2.20. The minimum atomic E-state index is -0.564. The third kappa shape index (κ3) is 6.45. The first-order valence-electron chi connectivity index (χ1n) is 9.18. The Morgan fingerprint density at radius 1 is 1.11 bits per heavy atom. The number of aromatic nitrogens is 2. The van der Waals surface area contributed by atoms with Crippen LogP contribution in [0.15, 0.2) is 29.2 Å². The van der Waals surface area contributed by atoms with Gasteiger partial charge in [-0.15, -0.1) is 22.0 Å². The van der Waals surface area contributed by atoms with Crippen LogP contribution in [0.1, 0.15) is 49.5 Å². The summed E-state index contributed by atoms with van der Waals surface area (Å²) in [5.74, 6) is 0.341. The van der Waals surface area contributed by atoms with Gasteiger partial charge in [0.05, 0.1) is 0 Å². The van der Waals surface area contributed by atoms with Crippen LogP contribution in [0.5, 0.6) is 0 Å². The molecule has 150 valence electrons. The molecule has 0 bridgehead atoms. The Morgan fingerprint density at radius 3 is 2.61 bits per heavy atom. The molecule has 0 unspecified atom stereocenters. The standard InChI is InChI=1S/C18H22FN5O2S2/c19-13-6-8-14(9-7-13)27-11-10-15(25)21-23-17(26)20-18-24-22-16(28-18)12-4-2-1-3-5-12/h6-9,12H,1-5,10-11H2,(H,21,25)(H2,20,23,24,26). The highest BCUT2D eigenvalue weighted by molar-refractivity contribution is 7.99. The van der Waals surface area contributed by atoms with Crippen LogP contribution in [-0.4, -0.2) is 27.9 Å². The number of hydrogen-bond acceptors (Lipinski definition) is 6. The zero-order valence-corrected chi connectivity index (χ0v) is 16.9. The van der Waals surface area contributed by atoms with Crippen molar-refractivity contribution < 1.29 is 14.0 Å². The van der Waals surface area contributed by atoms with Crippen LogP contribution >= 0.6 is 23.1 Å². The Bertz CT molecular complexity index is 794. The predicted octanol–water partition coefficient (Wildman–Crippen LogP) is 4.06. The zero-order valence-electron chi connectivity index (χ0n) is 15.2. The fraction of sp³-hybridized carbons (Fsp3) is 0.444. The van der Waals surface area contributed by atoms with Gasteiger partial charge >= 0.3 is 6.03 Å². The van der Waals surface area contributed by atoms with Crippen molar-refractivity contribution in [3.05, 3.63) is 35.1 Å². The maximum atomic E-state index is 12.8. The third-order valence-electron chi connectivity index (χ3n) is 4.34. The van der Waals surface area contributed by atoms with Gasteiger partial charge < -0.3 is 0 Å². The van der Waals surface area contributed by atoms with Gasteiger partial charge in [0.15, 0.2) is 0 Å². The number of urea groups is 1. The molecule has 3 amide bonds. The summed E-state index contributed by atoms with van der Waals surface area (Å²) in [6.07, 6.45) is 6.13. The molecule has 0 atom stereocenters. The molecule has 3 N–H and O–H groups in total. The molecule has 3 rings (SSSR count). The van der Waals surface area contributed by atoms with Crippen LogP contribution in [0.4, 0.5) is 14.3 Å². The van der Waals surface area contributed by atoms with Crippen molar-refractivity contribution in [2.45, 2.75) is 49.3 Å². The molecule has 1 aliphatic carbocycles. The molecule has 1 aliphatic rings. The second kappa shape index (κ2) is 10.4. The lowest BCUT2D eigenvalue weighted by molar-refractivity contribution is -0.121. The number of benzene rings is 1. The lowest BCUT2D eigenvalue weighted by Crippen LogP contribution is -2.44. The summed E-state index contributed by atoms with van der Waals surface area (Å²) >= 11 is 2.82. The Balaban J connectivity index is 1.34. The van der Waals surface area contributed by atoms with Gasteiger partial charge in [0.25, 0.3) is 0 Å². The summed E-state index contributed by atoms with van der Waals surface area (Å²) in [5.41, 5.74) is 4.66. The molecular weight excluding hydrogens is 401 g/mol. The van der Waals surface area contributed by atoms with Gasteiger partial charge in [-0.05, 0) is 37.1 Å². The first-order valence-corrected chi connectivity index (χ1v) is 11.0. The summed E-state index contributed by atoms with van der Waals surface area (Å²) in [6.45, 7) is 0. The van der Waals surface area contributed by atoms with Gasteiger partial charge in [-0.25, -0.2) is 14.6 Å². The number of carbonyl (C=O) groups excluding carboxylic acids is 2. The van der Waals surface area contributed by atoms with Crippen molar-refractivity contribution >= 4 is 40.2 Å². The fourth-order valence-electron chi connectivity index (χ4n) is 2.91. The van der Waals surface area contributed by atoms with Gasteiger partial charge in [0.1, 0.15) is 10.8 Å². The van der Waals surface area contributed by atoms with Gasteiger partial charge in [-0.3, -0.25) is 15.5 Å². The minimum absolute atomic E-state index is 0.215. The predicted molar refractivity (Wildman–Crippen MR) is 108 cm³/mol. The van der Waals surface area contributed by atoms with Crippen molar-refractivity contribution in [3.8, 4) is 0 Å². The minimum Gasteiger partial charge on any atom is -0.281 e. The van der Waals surface area contributed by atoms with E-state index in [1.165, 1.54) is 54.5 Å². The Kier molecular flexibility index (Phi) is 7.61. The lowest BCUT2D eigenvalue weighted by atomic mass is 9.90. The highest BCUT2D eigenvalue weighted by Gasteiger charge is 2.20. The number of amides is 3. The first kappa shape index (κ1) is 20.5. The van der Waals surface area contributed by atoms with Crippen LogP contribution in [0.2, 0.25) is 0 Å². The number of rotatable bonds is 6. The molecule has 1 saturated carbocycles. The topological polar surface area (TPSA) is 96.0 Å². The molecule has 10 heteroatoms. The van der Waals surface area contributed by atoms with Crippen LogP contribution in [0.3, 0.4) is 0 Å². The van der Waals surface area contributed by atoms with Crippen LogP contribution in [0.25, 0.3) is 0 Å². The molecule has 7 nitrogen and oxygen atoms in total. The van der Waals surface area contributed by atoms with Crippen LogP contribution < -0.4 is 16.2 Å². The van der Waals surface area contributed by atoms with E-state index in [1.807, 2.05) is 0 Å². The quantitative estimate of drug-likeness (QED) is 0.481. The van der Waals surface area contributed by atoms with E-state index >= 15 is 0 Å². The molecule has 28 heavy (non-hydrogen) atoms. The molecule has 0 aliphatic heterocycles. The second-order valence-corrected chi connectivity index (χ2v) is 8.64. The van der Waals surface area contributed by atoms with E-state index in [0.29, 0.717) is 16.8 Å². The monoisotopic (exact) mass is 423 g/mol. The molecule has 0 radical (unpaired) electrons. The van der Waals surface area contributed by atoms with Crippen LogP contribution in [0, 0.1) is 5.82 Å². The average molecular weight is 424 g/mol. The number of thioether (sulfide) groups is 1. The number of nitrogens with zero attached hydrogens (tertiary/aromatic N) is 2. The average Bonchev–Trinajstić information content (AvgIpc) is 3.17. The van der Waals surface area contributed by atoms with Gasteiger partial charge in [0, 0.05) is 23.0 Å². The largest absolute Gasteiger partial charge is 0.339 e. The number of hydrazine groups is 1. The third-order valence-corrected chi connectivity index (χ3v) is 6.36. The molecule has 2 aromatic rings. The molecule has 1 fully saturated rings. The lowest BCUT2D eigenvalue weighted by Gasteiger charge is -2.18. The second-order valence-electron chi connectivity index (χ2n) is 6.46. The van der Waals surface area contributed by atoms with Gasteiger partial charge in [-0.2, -0.15) is 0 Å². The summed E-state index contributed by atoms with van der Waals surface area (Å²) in [7, 11) is 0. The van der Waals surface area contributed by atoms with E-state index in [-0.39, 0.29) is 18.1 Å². The summed E-state index contributed by atoms with van der Waals surface area (Å²) < 4.78 is 12.8. The number of carbonyl (C=O) groups is 2. The van der Waals surface area contributed by atoms with E-state index in [0.717, 1.165) is 22.7 Å². The summed E-state index contributed by atoms with van der Waals surface area (Å²) in [5, 5.41) is 12.1. The molecular formula is C18H22FN5O2S2. The highest BCUT2D eigenvalue weighted by atomic mass is 32.2. The maximum absolute atomic E-state index is 12.8. The normalized spacial score (nSPS) is 14.5. The molecule has 1 aromatic heterocycles. The van der Waals surface area contributed by atoms with E-state index in [9.17, 15) is 14.0 Å². The van der Waals surface area contributed by atoms with E-state index < -0.39 is 6.03 Å². The number of anilines is 1. The van der Waals surface area contributed by atoms with Gasteiger partial charge in [-0.1, -0.05) is 30.6 Å². The SMILES string of the molecule is O=C(CCSc1ccc(F)cc1)NNC(=O)Nc1nnc(C2CCCCC2)s1. The zero-order chi connectivity index (χ0) is 19.8. The number of halogens is 1. The molecule has 0 spiro atoms. The van der Waals surface area contributed by atoms with Crippen molar-refractivity contribution in [2.75, 3.05) is 11.1 Å². The number of nitrogens with one attached hydrogen (secondary N) is 3. The molecule has 1 heterocycles. The van der Waals surface area contributed by atoms with E-state index in [2.05, 4.69) is 26.4 Å². The van der Waals surface area contributed by atoms with E-state index in [4.69, 9.17) is 0 Å². The number of hydrogen-bond donors (Lipinski definition) is 3. The Labute approximate surface area is 170 Å². The van der Waals surface area contributed by atoms with Crippen molar-refractivity contribution in [3.63, 3.8) is 0 Å². The van der Waals surface area contributed by atoms with Crippen molar-refractivity contribution in [2.24, 2.45) is 0 Å². The Morgan fingerprint density at radius 2 is 1.86 bits per heavy atom. The maximum Gasteiger partial charge on any atom is 0.339 e. The van der Waals surface area contributed by atoms with E-state index in [1.54, 1.807) is 12.1 Å². The van der Waals surface area contributed by atoms with Crippen LogP contribution in [-0.2, 0) is 4.79 Å². The van der Waals surface area contributed by atoms with Crippen molar-refractivity contribution in [1.29, 1.82) is 0 Å². The summed E-state index contributed by atoms with van der Waals surface area (Å²) in [6, 6.07) is 5.51.